The highest BCUT2D eigenvalue weighted by Crippen LogP contribution is 2.69. The van der Waals surface area contributed by atoms with Crippen LogP contribution in [-0.4, -0.2) is 87.0 Å². The Balaban J connectivity index is 1.56. The van der Waals surface area contributed by atoms with Crippen LogP contribution in [0.2, 0.25) is 0 Å². The lowest BCUT2D eigenvalue weighted by Gasteiger charge is -2.30. The number of hydrogen-bond donors (Lipinski definition) is 5. The minimum Gasteiger partial charge on any atom is -0.464 e. The van der Waals surface area contributed by atoms with Crippen molar-refractivity contribution in [1.29, 1.82) is 5.26 Å². The van der Waals surface area contributed by atoms with Crippen LogP contribution < -0.4 is 15.9 Å². The number of nitrogens with one attached hydrogen (secondary N) is 2. The fraction of sp³-hybridized carbons (Fsp3) is 0.679. The van der Waals surface area contributed by atoms with Crippen molar-refractivity contribution in [3.8, 4) is 6.07 Å². The monoisotopic (exact) mass is 651 g/mol. The summed E-state index contributed by atoms with van der Waals surface area (Å²) in [7, 11) is -4.44. The van der Waals surface area contributed by atoms with Gasteiger partial charge in [-0.15, -0.1) is 0 Å². The Hall–Kier alpha value is -3.16. The second-order valence-electron chi connectivity index (χ2n) is 11.4. The molecule has 17 heteroatoms. The molecule has 6 N–H and O–H groups in total. The lowest BCUT2D eigenvalue weighted by molar-refractivity contribution is -0.144. The molecular weight excluding hydrogens is 609 g/mol. The summed E-state index contributed by atoms with van der Waals surface area (Å²) in [5.41, 5.74) is -0.629. The van der Waals surface area contributed by atoms with E-state index in [-0.39, 0.29) is 36.6 Å². The molecule has 16 nitrogen and oxygen atoms in total. The molecule has 0 bridgehead atoms. The van der Waals surface area contributed by atoms with Gasteiger partial charge in [0.2, 0.25) is 5.60 Å². The molecule has 4 atom stereocenters. The molecule has 2 aromatic rings. The summed E-state index contributed by atoms with van der Waals surface area (Å²) in [4.78, 5) is 29.0. The molecular formula is C28H42N7O9P. The first kappa shape index (κ1) is 34.7. The first-order valence-corrected chi connectivity index (χ1v) is 16.7. The van der Waals surface area contributed by atoms with Crippen molar-refractivity contribution in [1.82, 2.24) is 24.8 Å². The molecule has 0 radical (unpaired) electrons. The van der Waals surface area contributed by atoms with Crippen LogP contribution in [0, 0.1) is 23.2 Å². The average Bonchev–Trinajstić information content (AvgIpc) is 3.29. The number of hydrogen-bond acceptors (Lipinski definition) is 13. The third-order valence-electron chi connectivity index (χ3n) is 8.83. The molecule has 45 heavy (non-hydrogen) atoms. The predicted molar refractivity (Wildman–Crippen MR) is 159 cm³/mol. The van der Waals surface area contributed by atoms with E-state index in [9.17, 15) is 29.6 Å². The minimum atomic E-state index is -4.44. The third-order valence-corrected chi connectivity index (χ3v) is 10.5. The van der Waals surface area contributed by atoms with Crippen LogP contribution in [0.1, 0.15) is 59.1 Å². The van der Waals surface area contributed by atoms with Crippen molar-refractivity contribution < 1.29 is 43.1 Å². The number of ether oxygens (including phenoxy) is 3. The fourth-order valence-corrected chi connectivity index (χ4v) is 7.02. The van der Waals surface area contributed by atoms with Gasteiger partial charge < -0.3 is 30.2 Å². The molecule has 0 aromatic carbocycles. The van der Waals surface area contributed by atoms with Gasteiger partial charge >= 0.3 is 19.6 Å². The normalized spacial score (nSPS) is 25.8. The lowest BCUT2D eigenvalue weighted by atomic mass is 9.91. The minimum absolute atomic E-state index is 0.0167. The van der Waals surface area contributed by atoms with E-state index in [4.69, 9.17) is 24.5 Å². The van der Waals surface area contributed by atoms with E-state index in [2.05, 4.69) is 20.3 Å². The summed E-state index contributed by atoms with van der Waals surface area (Å²) < 4.78 is 37.3. The van der Waals surface area contributed by atoms with E-state index in [0.717, 1.165) is 32.0 Å². The largest absolute Gasteiger partial charge is 0.464 e. The van der Waals surface area contributed by atoms with Gasteiger partial charge in [0.1, 0.15) is 37.1 Å². The number of esters is 2. The number of carbonyl (C=O) groups excluding carboxylic acids is 2. The number of aliphatic hydroxyl groups is 2. The molecule has 2 aliphatic rings. The first-order valence-electron chi connectivity index (χ1n) is 15.1. The number of nitriles is 1. The highest BCUT2D eigenvalue weighted by Gasteiger charge is 2.93. The Labute approximate surface area is 261 Å². The number of nitrogens with zero attached hydrogens (tertiary/aromatic N) is 4. The van der Waals surface area contributed by atoms with Crippen molar-refractivity contribution in [2.24, 2.45) is 11.8 Å². The van der Waals surface area contributed by atoms with Gasteiger partial charge in [0.25, 0.3) is 0 Å². The molecule has 0 amide bonds. The van der Waals surface area contributed by atoms with Crippen molar-refractivity contribution in [3.63, 3.8) is 0 Å². The van der Waals surface area contributed by atoms with Gasteiger partial charge in [-0.1, -0.05) is 53.4 Å². The lowest BCUT2D eigenvalue weighted by Crippen LogP contribution is -2.47. The molecule has 0 spiro atoms. The second kappa shape index (κ2) is 13.7. The van der Waals surface area contributed by atoms with Crippen LogP contribution >= 0.6 is 7.67 Å². The van der Waals surface area contributed by atoms with Crippen molar-refractivity contribution in [2.45, 2.75) is 76.3 Å². The molecule has 1 unspecified atom stereocenters. The van der Waals surface area contributed by atoms with Gasteiger partial charge in [0.05, 0.1) is 25.5 Å². The van der Waals surface area contributed by atoms with Gasteiger partial charge in [-0.3, -0.25) is 18.7 Å². The van der Waals surface area contributed by atoms with Gasteiger partial charge in [-0.05, 0) is 24.0 Å². The molecule has 1 aliphatic heterocycles. The predicted octanol–water partition coefficient (Wildman–Crippen LogP) is 1.17. The van der Waals surface area contributed by atoms with Crippen LogP contribution in [0.5, 0.6) is 0 Å². The van der Waals surface area contributed by atoms with E-state index in [1.54, 1.807) is 0 Å². The molecule has 4 rings (SSSR count). The molecule has 248 valence electrons. The van der Waals surface area contributed by atoms with E-state index in [1.807, 2.05) is 33.8 Å². The van der Waals surface area contributed by atoms with Crippen LogP contribution in [0.4, 0.5) is 5.82 Å². The van der Waals surface area contributed by atoms with Gasteiger partial charge in [0, 0.05) is 0 Å². The maximum Gasteiger partial charge on any atom is 0.342 e. The Kier molecular flexibility index (Phi) is 10.6. The summed E-state index contributed by atoms with van der Waals surface area (Å²) in [6.07, 6.45) is 2.65. The molecule has 1 aliphatic carbocycles. The van der Waals surface area contributed by atoms with E-state index in [0.29, 0.717) is 5.52 Å². The zero-order chi connectivity index (χ0) is 33.0. The summed E-state index contributed by atoms with van der Waals surface area (Å²) in [5, 5.41) is 42.8. The van der Waals surface area contributed by atoms with Crippen LogP contribution in [0.25, 0.3) is 5.52 Å². The van der Waals surface area contributed by atoms with E-state index >= 15 is 0 Å². The SMILES string of the molecule is CCC(CC)COC(=O)CNP(=O)(NCC(=O)OCC(CC)CC)OC1[C@]2(O)[C@@](O)(c3ccc4c(N)ncnn34)CO[C@]12C#N. The van der Waals surface area contributed by atoms with Crippen molar-refractivity contribution >= 4 is 30.9 Å². The number of rotatable bonds is 17. The number of carbonyl (C=O) groups is 2. The smallest absolute Gasteiger partial charge is 0.342 e. The molecule has 2 fully saturated rings. The topological polar surface area (TPSA) is 233 Å². The number of nitrogens with two attached hydrogens (primary N) is 1. The maximum atomic E-state index is 14.1. The summed E-state index contributed by atoms with van der Waals surface area (Å²) in [5.74, 6) is -1.07. The van der Waals surface area contributed by atoms with Gasteiger partial charge in [0.15, 0.2) is 17.0 Å². The van der Waals surface area contributed by atoms with Crippen molar-refractivity contribution in [3.05, 3.63) is 24.2 Å². The van der Waals surface area contributed by atoms with Crippen LogP contribution in [0.15, 0.2) is 18.5 Å². The molecule has 1 saturated heterocycles. The quantitative estimate of drug-likeness (QED) is 0.119. The molecule has 1 saturated carbocycles. The first-order chi connectivity index (χ1) is 21.4. The standard InChI is InChI=1S/C28H42N7O9P/c1-5-18(6-2)13-41-22(36)11-33-45(40,34-12-23(37)42-14-19(7-3)8-4)44-25-27(15-29)28(25,39)26(38,16-43-27)21-10-9-20-24(30)31-17-32-35(20)21/h9-10,17-19,25,38-39H,5-8,11-14,16H2,1-4H3,(H2,30,31,32)(H2,33,34,40)/t25?,26-,27+,28-/m0/s1. The Morgan fingerprint density at radius 1 is 1.11 bits per heavy atom. The van der Waals surface area contributed by atoms with E-state index < -0.39 is 62.2 Å². The second-order valence-corrected chi connectivity index (χ2v) is 13.3. The Morgan fingerprint density at radius 2 is 1.67 bits per heavy atom. The number of fused-ring (bicyclic) bond motifs is 2. The summed E-state index contributed by atoms with van der Waals surface area (Å²) >= 11 is 0. The highest BCUT2D eigenvalue weighted by atomic mass is 31.2. The molecule has 2 aromatic heterocycles. The van der Waals surface area contributed by atoms with Gasteiger partial charge in [-0.2, -0.15) is 10.4 Å². The Morgan fingerprint density at radius 3 is 2.18 bits per heavy atom. The summed E-state index contributed by atoms with van der Waals surface area (Å²) in [6, 6.07) is 4.80. The zero-order valence-electron chi connectivity index (χ0n) is 25.9. The third kappa shape index (κ3) is 6.31. The van der Waals surface area contributed by atoms with Crippen molar-refractivity contribution in [2.75, 3.05) is 38.6 Å². The number of anilines is 1. The highest BCUT2D eigenvalue weighted by molar-refractivity contribution is 7.54. The maximum absolute atomic E-state index is 14.1. The average molecular weight is 652 g/mol. The number of nitrogen functional groups attached to an aromatic ring is 1. The fourth-order valence-electron chi connectivity index (χ4n) is 5.49. The number of aromatic nitrogens is 3. The summed E-state index contributed by atoms with van der Waals surface area (Å²) in [6.45, 7) is 6.48. The van der Waals surface area contributed by atoms with E-state index in [1.165, 1.54) is 16.6 Å². The Bertz CT molecular complexity index is 1440. The van der Waals surface area contributed by atoms with Gasteiger partial charge in [-0.25, -0.2) is 19.7 Å². The van der Waals surface area contributed by atoms with Crippen LogP contribution in [0.3, 0.4) is 0 Å². The molecule has 3 heterocycles. The van der Waals surface area contributed by atoms with Crippen LogP contribution in [-0.2, 0) is 38.5 Å². The zero-order valence-corrected chi connectivity index (χ0v) is 26.8.